The van der Waals surface area contributed by atoms with Crippen molar-refractivity contribution in [2.24, 2.45) is 11.8 Å². The van der Waals surface area contributed by atoms with Gasteiger partial charge in [-0.2, -0.15) is 0 Å². The normalized spacial score (nSPS) is 23.1. The SMILES string of the molecule is NNC(c1ccc(F)cc1)C1CC1c1ccccc1. The minimum absolute atomic E-state index is 0.0887. The summed E-state index contributed by atoms with van der Waals surface area (Å²) in [4.78, 5) is 0. The number of hydrogen-bond acceptors (Lipinski definition) is 2. The van der Waals surface area contributed by atoms with Crippen LogP contribution in [-0.2, 0) is 0 Å². The van der Waals surface area contributed by atoms with Crippen molar-refractivity contribution in [1.29, 1.82) is 0 Å². The zero-order valence-electron chi connectivity index (χ0n) is 10.6. The highest BCUT2D eigenvalue weighted by Crippen LogP contribution is 2.53. The Labute approximate surface area is 112 Å². The van der Waals surface area contributed by atoms with E-state index in [1.54, 1.807) is 12.1 Å². The molecule has 0 radical (unpaired) electrons. The Morgan fingerprint density at radius 1 is 1.05 bits per heavy atom. The lowest BCUT2D eigenvalue weighted by atomic mass is 9.99. The van der Waals surface area contributed by atoms with E-state index in [2.05, 4.69) is 29.7 Å². The zero-order valence-corrected chi connectivity index (χ0v) is 10.6. The molecular formula is C16H17FN2. The molecule has 3 atom stereocenters. The third-order valence-electron chi connectivity index (χ3n) is 3.90. The molecule has 0 bridgehead atoms. The summed E-state index contributed by atoms with van der Waals surface area (Å²) in [6.45, 7) is 0. The van der Waals surface area contributed by atoms with Crippen molar-refractivity contribution in [3.63, 3.8) is 0 Å². The highest BCUT2D eigenvalue weighted by Gasteiger charge is 2.43. The molecular weight excluding hydrogens is 239 g/mol. The molecule has 3 rings (SSSR count). The average molecular weight is 256 g/mol. The first kappa shape index (κ1) is 12.3. The summed E-state index contributed by atoms with van der Waals surface area (Å²) in [5, 5.41) is 0. The van der Waals surface area contributed by atoms with Crippen LogP contribution in [0.15, 0.2) is 54.6 Å². The lowest BCUT2D eigenvalue weighted by Crippen LogP contribution is -2.29. The van der Waals surface area contributed by atoms with Crippen molar-refractivity contribution in [3.8, 4) is 0 Å². The Hall–Kier alpha value is -1.71. The van der Waals surface area contributed by atoms with Crippen molar-refractivity contribution in [2.75, 3.05) is 0 Å². The van der Waals surface area contributed by atoms with Gasteiger partial charge in [0.25, 0.3) is 0 Å². The maximum Gasteiger partial charge on any atom is 0.123 e. The Morgan fingerprint density at radius 3 is 2.37 bits per heavy atom. The highest BCUT2D eigenvalue weighted by molar-refractivity contribution is 5.30. The van der Waals surface area contributed by atoms with Crippen LogP contribution < -0.4 is 11.3 Å². The molecule has 1 aliphatic carbocycles. The molecule has 1 aliphatic rings. The van der Waals surface area contributed by atoms with E-state index >= 15 is 0 Å². The standard InChI is InChI=1S/C16H17FN2/c17-13-8-6-12(7-9-13)16(19-18)15-10-14(15)11-4-2-1-3-5-11/h1-9,14-16,19H,10,18H2. The second-order valence-electron chi connectivity index (χ2n) is 5.11. The molecule has 19 heavy (non-hydrogen) atoms. The van der Waals surface area contributed by atoms with Crippen LogP contribution in [-0.4, -0.2) is 0 Å². The molecule has 0 heterocycles. The van der Waals surface area contributed by atoms with Gasteiger partial charge in [0.15, 0.2) is 0 Å². The second kappa shape index (κ2) is 5.11. The Morgan fingerprint density at radius 2 is 1.74 bits per heavy atom. The minimum Gasteiger partial charge on any atom is -0.271 e. The van der Waals surface area contributed by atoms with E-state index in [1.165, 1.54) is 17.7 Å². The molecule has 1 fully saturated rings. The van der Waals surface area contributed by atoms with Crippen LogP contribution >= 0.6 is 0 Å². The summed E-state index contributed by atoms with van der Waals surface area (Å²) >= 11 is 0. The molecule has 0 aromatic heterocycles. The van der Waals surface area contributed by atoms with E-state index < -0.39 is 0 Å². The fourth-order valence-electron chi connectivity index (χ4n) is 2.80. The largest absolute Gasteiger partial charge is 0.271 e. The second-order valence-corrected chi connectivity index (χ2v) is 5.11. The van der Waals surface area contributed by atoms with Crippen LogP contribution in [0.5, 0.6) is 0 Å². The van der Waals surface area contributed by atoms with Gasteiger partial charge in [-0.15, -0.1) is 0 Å². The summed E-state index contributed by atoms with van der Waals surface area (Å²) < 4.78 is 13.0. The van der Waals surface area contributed by atoms with Gasteiger partial charge in [0, 0.05) is 6.04 Å². The monoisotopic (exact) mass is 256 g/mol. The third kappa shape index (κ3) is 2.53. The Kier molecular flexibility index (Phi) is 3.32. The number of hydrazine groups is 1. The van der Waals surface area contributed by atoms with Gasteiger partial charge < -0.3 is 0 Å². The number of benzene rings is 2. The molecule has 0 saturated heterocycles. The molecule has 1 saturated carbocycles. The lowest BCUT2D eigenvalue weighted by Gasteiger charge is -2.16. The van der Waals surface area contributed by atoms with Crippen molar-refractivity contribution in [1.82, 2.24) is 5.43 Å². The summed E-state index contributed by atoms with van der Waals surface area (Å²) in [5.74, 6) is 6.50. The van der Waals surface area contributed by atoms with Crippen LogP contribution in [0.25, 0.3) is 0 Å². The fourth-order valence-corrected chi connectivity index (χ4v) is 2.80. The predicted molar refractivity (Wildman–Crippen MR) is 73.8 cm³/mol. The van der Waals surface area contributed by atoms with Crippen LogP contribution in [0.2, 0.25) is 0 Å². The van der Waals surface area contributed by atoms with Crippen molar-refractivity contribution in [2.45, 2.75) is 18.4 Å². The number of rotatable bonds is 4. The van der Waals surface area contributed by atoms with Gasteiger partial charge in [-0.3, -0.25) is 11.3 Å². The van der Waals surface area contributed by atoms with Crippen molar-refractivity contribution < 1.29 is 4.39 Å². The van der Waals surface area contributed by atoms with E-state index in [0.29, 0.717) is 11.8 Å². The van der Waals surface area contributed by atoms with E-state index in [0.717, 1.165) is 12.0 Å². The van der Waals surface area contributed by atoms with E-state index in [-0.39, 0.29) is 11.9 Å². The predicted octanol–water partition coefficient (Wildman–Crippen LogP) is 3.13. The summed E-state index contributed by atoms with van der Waals surface area (Å²) in [5.41, 5.74) is 5.28. The summed E-state index contributed by atoms with van der Waals surface area (Å²) in [6.07, 6.45) is 1.12. The van der Waals surface area contributed by atoms with Gasteiger partial charge in [-0.05, 0) is 41.5 Å². The molecule has 0 spiro atoms. The maximum atomic E-state index is 13.0. The maximum absolute atomic E-state index is 13.0. The number of nitrogens with one attached hydrogen (secondary N) is 1. The Bertz CT molecular complexity index is 538. The number of hydrogen-bond donors (Lipinski definition) is 2. The molecule has 3 N–H and O–H groups in total. The van der Waals surface area contributed by atoms with Gasteiger partial charge in [-0.25, -0.2) is 4.39 Å². The first-order valence-corrected chi connectivity index (χ1v) is 6.56. The Balaban J connectivity index is 1.77. The molecule has 2 aromatic rings. The lowest BCUT2D eigenvalue weighted by molar-refractivity contribution is 0.486. The van der Waals surface area contributed by atoms with Crippen LogP contribution in [0, 0.1) is 11.7 Å². The summed E-state index contributed by atoms with van der Waals surface area (Å²) in [7, 11) is 0. The van der Waals surface area contributed by atoms with E-state index in [1.807, 2.05) is 6.07 Å². The highest BCUT2D eigenvalue weighted by atomic mass is 19.1. The average Bonchev–Trinajstić information content (AvgIpc) is 3.23. The van der Waals surface area contributed by atoms with Gasteiger partial charge in [-0.1, -0.05) is 42.5 Å². The molecule has 2 nitrogen and oxygen atoms in total. The van der Waals surface area contributed by atoms with Crippen molar-refractivity contribution in [3.05, 3.63) is 71.5 Å². The first-order chi connectivity index (χ1) is 9.29. The zero-order chi connectivity index (χ0) is 13.2. The molecule has 0 amide bonds. The molecule has 3 unspecified atom stereocenters. The topological polar surface area (TPSA) is 38.0 Å². The van der Waals surface area contributed by atoms with Gasteiger partial charge >= 0.3 is 0 Å². The third-order valence-corrected chi connectivity index (χ3v) is 3.90. The molecule has 3 heteroatoms. The summed E-state index contributed by atoms with van der Waals surface area (Å²) in [6, 6.07) is 17.1. The van der Waals surface area contributed by atoms with Crippen LogP contribution in [0.4, 0.5) is 4.39 Å². The number of nitrogens with two attached hydrogens (primary N) is 1. The van der Waals surface area contributed by atoms with E-state index in [4.69, 9.17) is 5.84 Å². The fraction of sp³-hybridized carbons (Fsp3) is 0.250. The molecule has 0 aliphatic heterocycles. The van der Waals surface area contributed by atoms with E-state index in [9.17, 15) is 4.39 Å². The van der Waals surface area contributed by atoms with Gasteiger partial charge in [0.2, 0.25) is 0 Å². The quantitative estimate of drug-likeness (QED) is 0.651. The smallest absolute Gasteiger partial charge is 0.123 e. The van der Waals surface area contributed by atoms with Gasteiger partial charge in [0.1, 0.15) is 5.82 Å². The van der Waals surface area contributed by atoms with Crippen molar-refractivity contribution >= 4 is 0 Å². The minimum atomic E-state index is -0.213. The van der Waals surface area contributed by atoms with Crippen LogP contribution in [0.1, 0.15) is 29.5 Å². The first-order valence-electron chi connectivity index (χ1n) is 6.56. The van der Waals surface area contributed by atoms with Gasteiger partial charge in [0.05, 0.1) is 0 Å². The number of halogens is 1. The van der Waals surface area contributed by atoms with Crippen LogP contribution in [0.3, 0.4) is 0 Å². The molecule has 98 valence electrons. The molecule has 2 aromatic carbocycles.